The Bertz CT molecular complexity index is 856. The summed E-state index contributed by atoms with van der Waals surface area (Å²) in [6.07, 6.45) is 6.73. The van der Waals surface area contributed by atoms with E-state index in [4.69, 9.17) is 0 Å². The first-order chi connectivity index (χ1) is 13.7. The number of benzene rings is 1. The fourth-order valence-electron chi connectivity index (χ4n) is 5.75. The molecule has 5 heteroatoms. The van der Waals surface area contributed by atoms with E-state index in [2.05, 4.69) is 45.1 Å². The molecule has 1 aromatic heterocycles. The van der Waals surface area contributed by atoms with Crippen LogP contribution in [0, 0.1) is 11.8 Å². The maximum atomic E-state index is 11.3. The smallest absolute Gasteiger partial charge is 0.335 e. The summed E-state index contributed by atoms with van der Waals surface area (Å²) in [5.74, 6) is 1.19. The molecule has 0 spiro atoms. The van der Waals surface area contributed by atoms with E-state index in [1.54, 1.807) is 18.3 Å². The third-order valence-electron chi connectivity index (χ3n) is 6.89. The standard InChI is InChI=1S/C23H27N3O2/c27-23(28)18-9-10-24-22(12-18)25-13-16-11-19(15-25)21-8-4-7-20(26(21)14-16)17-5-2-1-3-6-17/h1-3,5-6,9-10,12,16,19-21H,4,7-8,11,13-15H2,(H,27,28)/t16-,19+,20+,21-/m0/s1. The van der Waals surface area contributed by atoms with Crippen molar-refractivity contribution in [3.8, 4) is 0 Å². The normalized spacial score (nSPS) is 29.9. The van der Waals surface area contributed by atoms with Gasteiger partial charge in [0, 0.05) is 37.9 Å². The third kappa shape index (κ3) is 3.18. The van der Waals surface area contributed by atoms with Gasteiger partial charge in [-0.2, -0.15) is 0 Å². The van der Waals surface area contributed by atoms with Crippen LogP contribution in [0.15, 0.2) is 48.7 Å². The number of pyridine rings is 1. The molecule has 0 amide bonds. The Morgan fingerprint density at radius 1 is 1.07 bits per heavy atom. The lowest BCUT2D eigenvalue weighted by atomic mass is 9.74. The number of aromatic nitrogens is 1. The topological polar surface area (TPSA) is 56.7 Å². The molecule has 0 aliphatic carbocycles. The van der Waals surface area contributed by atoms with Crippen molar-refractivity contribution in [2.75, 3.05) is 24.5 Å². The maximum absolute atomic E-state index is 11.3. The van der Waals surface area contributed by atoms with Gasteiger partial charge >= 0.3 is 5.97 Å². The van der Waals surface area contributed by atoms with E-state index in [9.17, 15) is 9.90 Å². The van der Waals surface area contributed by atoms with E-state index in [1.807, 2.05) is 0 Å². The van der Waals surface area contributed by atoms with Crippen molar-refractivity contribution in [3.63, 3.8) is 0 Å². The molecule has 1 N–H and O–H groups in total. The number of carboxylic acids is 1. The highest BCUT2D eigenvalue weighted by Crippen LogP contribution is 2.44. The molecule has 0 saturated carbocycles. The number of rotatable bonds is 3. The molecule has 3 aliphatic rings. The van der Waals surface area contributed by atoms with Crippen molar-refractivity contribution >= 4 is 11.8 Å². The SMILES string of the molecule is O=C(O)c1ccnc(N2C[C@@H]3C[C@H](C2)[C@@H]2CCC[C@H](c4ccccc4)N2C3)c1. The predicted octanol–water partition coefficient (Wildman–Crippen LogP) is 3.83. The molecule has 4 atom stereocenters. The van der Waals surface area contributed by atoms with Crippen LogP contribution >= 0.6 is 0 Å². The fourth-order valence-corrected chi connectivity index (χ4v) is 5.75. The zero-order valence-electron chi connectivity index (χ0n) is 16.1. The van der Waals surface area contributed by atoms with E-state index in [0.29, 0.717) is 29.5 Å². The van der Waals surface area contributed by atoms with Gasteiger partial charge in [-0.25, -0.2) is 9.78 Å². The molecule has 28 heavy (non-hydrogen) atoms. The number of carboxylic acid groups (broad SMARTS) is 1. The average molecular weight is 377 g/mol. The van der Waals surface area contributed by atoms with E-state index in [-0.39, 0.29) is 0 Å². The Morgan fingerprint density at radius 3 is 2.75 bits per heavy atom. The number of hydrogen-bond acceptors (Lipinski definition) is 4. The van der Waals surface area contributed by atoms with E-state index >= 15 is 0 Å². The molecule has 3 aliphatic heterocycles. The molecule has 5 rings (SSSR count). The second-order valence-corrected chi connectivity index (χ2v) is 8.60. The quantitative estimate of drug-likeness (QED) is 0.881. The summed E-state index contributed by atoms with van der Waals surface area (Å²) in [6, 6.07) is 15.5. The van der Waals surface area contributed by atoms with Crippen LogP contribution in [-0.2, 0) is 0 Å². The Balaban J connectivity index is 1.38. The van der Waals surface area contributed by atoms with E-state index in [1.165, 1.54) is 31.2 Å². The highest BCUT2D eigenvalue weighted by atomic mass is 16.4. The molecule has 0 unspecified atom stereocenters. The second-order valence-electron chi connectivity index (χ2n) is 8.60. The van der Waals surface area contributed by atoms with Gasteiger partial charge in [-0.1, -0.05) is 30.3 Å². The van der Waals surface area contributed by atoms with Crippen LogP contribution in [0.4, 0.5) is 5.82 Å². The summed E-state index contributed by atoms with van der Waals surface area (Å²) < 4.78 is 0. The Hall–Kier alpha value is -2.40. The van der Waals surface area contributed by atoms with Crippen LogP contribution < -0.4 is 4.90 Å². The Labute approximate surface area is 166 Å². The largest absolute Gasteiger partial charge is 0.478 e. The number of anilines is 1. The van der Waals surface area contributed by atoms with Crippen molar-refractivity contribution < 1.29 is 9.90 Å². The monoisotopic (exact) mass is 377 g/mol. The minimum absolute atomic E-state index is 0.323. The van der Waals surface area contributed by atoms with Crippen molar-refractivity contribution in [2.24, 2.45) is 11.8 Å². The molecule has 3 fully saturated rings. The highest BCUT2D eigenvalue weighted by molar-refractivity contribution is 5.88. The predicted molar refractivity (Wildman–Crippen MR) is 109 cm³/mol. The van der Waals surface area contributed by atoms with Gasteiger partial charge in [0.2, 0.25) is 0 Å². The minimum atomic E-state index is -0.884. The van der Waals surface area contributed by atoms with Crippen molar-refractivity contribution in [3.05, 3.63) is 59.8 Å². The summed E-state index contributed by atoms with van der Waals surface area (Å²) in [5.41, 5.74) is 1.78. The summed E-state index contributed by atoms with van der Waals surface area (Å²) in [4.78, 5) is 20.9. The Kier molecular flexibility index (Phi) is 4.55. The molecular formula is C23H27N3O2. The van der Waals surface area contributed by atoms with E-state index in [0.717, 1.165) is 25.5 Å². The van der Waals surface area contributed by atoms with Crippen LogP contribution in [0.1, 0.15) is 47.6 Å². The zero-order chi connectivity index (χ0) is 19.1. The first-order valence-electron chi connectivity index (χ1n) is 10.4. The van der Waals surface area contributed by atoms with Crippen LogP contribution in [0.2, 0.25) is 0 Å². The lowest BCUT2D eigenvalue weighted by Gasteiger charge is -2.55. The molecule has 3 saturated heterocycles. The van der Waals surface area contributed by atoms with Gasteiger partial charge in [0.15, 0.2) is 0 Å². The fraction of sp³-hybridized carbons (Fsp3) is 0.478. The van der Waals surface area contributed by atoms with Crippen LogP contribution in [0.5, 0.6) is 0 Å². The number of hydrogen-bond donors (Lipinski definition) is 1. The van der Waals surface area contributed by atoms with Crippen molar-refractivity contribution in [1.82, 2.24) is 9.88 Å². The lowest BCUT2D eigenvalue weighted by Crippen LogP contribution is -2.59. The first-order valence-corrected chi connectivity index (χ1v) is 10.4. The number of nitrogens with zero attached hydrogens (tertiary/aromatic N) is 3. The minimum Gasteiger partial charge on any atom is -0.478 e. The van der Waals surface area contributed by atoms with Crippen LogP contribution in [0.3, 0.4) is 0 Å². The number of carbonyl (C=O) groups is 1. The molecular weight excluding hydrogens is 350 g/mol. The average Bonchev–Trinajstić information content (AvgIpc) is 2.74. The third-order valence-corrected chi connectivity index (χ3v) is 6.89. The lowest BCUT2D eigenvalue weighted by molar-refractivity contribution is -0.0200. The van der Waals surface area contributed by atoms with Crippen LogP contribution in [0.25, 0.3) is 0 Å². The first kappa shape index (κ1) is 17.7. The van der Waals surface area contributed by atoms with Gasteiger partial charge in [0.05, 0.1) is 5.56 Å². The van der Waals surface area contributed by atoms with Crippen molar-refractivity contribution in [2.45, 2.75) is 37.8 Å². The summed E-state index contributed by atoms with van der Waals surface area (Å²) in [6.45, 7) is 3.09. The van der Waals surface area contributed by atoms with Gasteiger partial charge in [-0.05, 0) is 55.2 Å². The summed E-state index contributed by atoms with van der Waals surface area (Å²) >= 11 is 0. The zero-order valence-corrected chi connectivity index (χ0v) is 16.1. The van der Waals surface area contributed by atoms with Gasteiger partial charge in [-0.15, -0.1) is 0 Å². The van der Waals surface area contributed by atoms with Gasteiger partial charge in [0.25, 0.3) is 0 Å². The maximum Gasteiger partial charge on any atom is 0.335 e. The highest BCUT2D eigenvalue weighted by Gasteiger charge is 2.45. The second kappa shape index (κ2) is 7.21. The molecule has 5 nitrogen and oxygen atoms in total. The van der Waals surface area contributed by atoms with Crippen LogP contribution in [-0.4, -0.2) is 46.6 Å². The van der Waals surface area contributed by atoms with E-state index < -0.39 is 5.97 Å². The Morgan fingerprint density at radius 2 is 1.93 bits per heavy atom. The van der Waals surface area contributed by atoms with Crippen molar-refractivity contribution in [1.29, 1.82) is 0 Å². The van der Waals surface area contributed by atoms with Gasteiger partial charge in [-0.3, -0.25) is 4.90 Å². The van der Waals surface area contributed by atoms with Gasteiger partial charge < -0.3 is 10.0 Å². The summed E-state index contributed by atoms with van der Waals surface area (Å²) in [5, 5.41) is 9.31. The molecule has 2 bridgehead atoms. The molecule has 1 aromatic carbocycles. The molecule has 146 valence electrons. The van der Waals surface area contributed by atoms with Gasteiger partial charge in [0.1, 0.15) is 5.82 Å². The molecule has 2 aromatic rings. The number of fused-ring (bicyclic) bond motifs is 4. The number of piperidine rings is 3. The number of aromatic carboxylic acids is 1. The summed E-state index contributed by atoms with van der Waals surface area (Å²) in [7, 11) is 0. The molecule has 0 radical (unpaired) electrons. The molecule has 4 heterocycles.